The second-order valence-electron chi connectivity index (χ2n) is 3.32. The molecule has 2 aromatic rings. The van der Waals surface area contributed by atoms with Crippen molar-refractivity contribution in [3.8, 4) is 0 Å². The van der Waals surface area contributed by atoms with Gasteiger partial charge in [0.25, 0.3) is 0 Å². The zero-order valence-electron chi connectivity index (χ0n) is 8.77. The van der Waals surface area contributed by atoms with Gasteiger partial charge >= 0.3 is 5.76 Å². The summed E-state index contributed by atoms with van der Waals surface area (Å²) in [7, 11) is 0. The molecule has 5 heteroatoms. The molecule has 0 aliphatic heterocycles. The molecule has 0 unspecified atom stereocenters. The lowest BCUT2D eigenvalue weighted by molar-refractivity contribution is 0.513. The lowest BCUT2D eigenvalue weighted by atomic mass is 10.2. The number of carbonyl (C=O) groups excluding carboxylic acids is 1. The minimum atomic E-state index is -0.367. The van der Waals surface area contributed by atoms with E-state index in [1.807, 2.05) is 6.92 Å². The minimum absolute atomic E-state index is 0.266. The molecule has 1 heterocycles. The number of nitrogens with zero attached hydrogens (tertiary/aromatic N) is 2. The summed E-state index contributed by atoms with van der Waals surface area (Å²) < 4.78 is 6.58. The summed E-state index contributed by atoms with van der Waals surface area (Å²) in [6, 6.07) is 5.27. The molecular weight excluding hydrogens is 208 g/mol. The molecule has 0 atom stereocenters. The highest BCUT2D eigenvalue weighted by Crippen LogP contribution is 2.15. The van der Waals surface area contributed by atoms with Crippen LogP contribution in [0.5, 0.6) is 0 Å². The maximum absolute atomic E-state index is 11.4. The average Bonchev–Trinajstić information content (AvgIpc) is 2.61. The van der Waals surface area contributed by atoms with E-state index in [1.54, 1.807) is 18.2 Å². The van der Waals surface area contributed by atoms with E-state index in [1.165, 1.54) is 10.6 Å². The highest BCUT2D eigenvalue weighted by molar-refractivity contribution is 5.73. The molecule has 0 N–H and O–H groups in total. The Labute approximate surface area is 91.0 Å². The summed E-state index contributed by atoms with van der Waals surface area (Å²) in [4.78, 5) is 24.9. The molecule has 0 bridgehead atoms. The zero-order valence-corrected chi connectivity index (χ0v) is 8.77. The SMILES string of the molecule is CCn1c(=O)oc2ccc(CN=C=O)cc21. The number of hydrogen-bond donors (Lipinski definition) is 0. The van der Waals surface area contributed by atoms with Gasteiger partial charge in [0.1, 0.15) is 0 Å². The van der Waals surface area contributed by atoms with Crippen molar-refractivity contribution >= 4 is 17.2 Å². The van der Waals surface area contributed by atoms with Gasteiger partial charge in [-0.3, -0.25) is 4.57 Å². The molecule has 0 saturated carbocycles. The van der Waals surface area contributed by atoms with Crippen molar-refractivity contribution in [2.45, 2.75) is 20.0 Å². The highest BCUT2D eigenvalue weighted by Gasteiger charge is 2.07. The van der Waals surface area contributed by atoms with Crippen LogP contribution in [0.15, 0.2) is 32.4 Å². The van der Waals surface area contributed by atoms with Gasteiger partial charge in [-0.05, 0) is 24.6 Å². The maximum Gasteiger partial charge on any atom is 0.419 e. The Bertz CT molecular complexity index is 618. The van der Waals surface area contributed by atoms with Crippen LogP contribution in [0.2, 0.25) is 0 Å². The second kappa shape index (κ2) is 4.16. The van der Waals surface area contributed by atoms with Crippen LogP contribution in [0.3, 0.4) is 0 Å². The van der Waals surface area contributed by atoms with Crippen LogP contribution in [-0.2, 0) is 17.9 Å². The summed E-state index contributed by atoms with van der Waals surface area (Å²) >= 11 is 0. The molecule has 0 fully saturated rings. The molecule has 0 aliphatic rings. The van der Waals surface area contributed by atoms with E-state index in [0.717, 1.165) is 11.1 Å². The van der Waals surface area contributed by atoms with E-state index in [4.69, 9.17) is 4.42 Å². The summed E-state index contributed by atoms with van der Waals surface area (Å²) in [5.74, 6) is -0.367. The van der Waals surface area contributed by atoms with Gasteiger partial charge in [0.2, 0.25) is 6.08 Å². The van der Waals surface area contributed by atoms with Crippen LogP contribution in [0.4, 0.5) is 0 Å². The first-order valence-electron chi connectivity index (χ1n) is 4.92. The molecule has 2 rings (SSSR count). The molecular formula is C11H10N2O3. The van der Waals surface area contributed by atoms with Gasteiger partial charge < -0.3 is 4.42 Å². The van der Waals surface area contributed by atoms with Gasteiger partial charge in [0, 0.05) is 6.54 Å². The second-order valence-corrected chi connectivity index (χ2v) is 3.32. The lowest BCUT2D eigenvalue weighted by Gasteiger charge is -1.98. The van der Waals surface area contributed by atoms with Crippen LogP contribution in [0, 0.1) is 0 Å². The van der Waals surface area contributed by atoms with Gasteiger partial charge in [-0.25, -0.2) is 14.6 Å². The van der Waals surface area contributed by atoms with E-state index < -0.39 is 0 Å². The van der Waals surface area contributed by atoms with Gasteiger partial charge in [0.05, 0.1) is 12.1 Å². The Kier molecular flexibility index (Phi) is 2.70. The Balaban J connectivity index is 2.59. The smallest absolute Gasteiger partial charge is 0.408 e. The summed E-state index contributed by atoms with van der Waals surface area (Å²) in [5.41, 5.74) is 2.12. The van der Waals surface area contributed by atoms with Gasteiger partial charge in [-0.15, -0.1) is 0 Å². The third kappa shape index (κ3) is 1.68. The first-order valence-corrected chi connectivity index (χ1v) is 4.92. The number of fused-ring (bicyclic) bond motifs is 1. The van der Waals surface area contributed by atoms with Gasteiger partial charge in [-0.2, -0.15) is 0 Å². The topological polar surface area (TPSA) is 64.6 Å². The van der Waals surface area contributed by atoms with Gasteiger partial charge in [0.15, 0.2) is 5.58 Å². The highest BCUT2D eigenvalue weighted by atomic mass is 16.4. The Hall–Kier alpha value is -2.13. The normalized spacial score (nSPS) is 10.3. The first kappa shape index (κ1) is 10.4. The summed E-state index contributed by atoms with van der Waals surface area (Å²) in [6.07, 6.45) is 1.48. The quantitative estimate of drug-likeness (QED) is 0.578. The molecule has 1 aromatic carbocycles. The summed E-state index contributed by atoms with van der Waals surface area (Å²) in [5, 5.41) is 0. The third-order valence-electron chi connectivity index (χ3n) is 2.37. The van der Waals surface area contributed by atoms with Crippen molar-refractivity contribution in [1.29, 1.82) is 0 Å². The van der Waals surface area contributed by atoms with Crippen LogP contribution < -0.4 is 5.76 Å². The standard InChI is InChI=1S/C11H10N2O3/c1-2-13-9-5-8(6-12-7-14)3-4-10(9)16-11(13)15/h3-5H,2,6H2,1H3. The van der Waals surface area contributed by atoms with Crippen molar-refractivity contribution in [1.82, 2.24) is 4.57 Å². The first-order chi connectivity index (χ1) is 7.76. The van der Waals surface area contributed by atoms with Crippen molar-refractivity contribution in [3.63, 3.8) is 0 Å². The fourth-order valence-corrected chi connectivity index (χ4v) is 1.63. The molecule has 0 aliphatic carbocycles. The molecule has 1 aromatic heterocycles. The van der Waals surface area contributed by atoms with Crippen LogP contribution in [0.1, 0.15) is 12.5 Å². The Morgan fingerprint density at radius 3 is 3.00 bits per heavy atom. The van der Waals surface area contributed by atoms with Crippen LogP contribution in [-0.4, -0.2) is 10.6 Å². The predicted molar refractivity (Wildman–Crippen MR) is 58.0 cm³/mol. The monoisotopic (exact) mass is 218 g/mol. The Morgan fingerprint density at radius 1 is 1.50 bits per heavy atom. The van der Waals surface area contributed by atoms with E-state index in [-0.39, 0.29) is 12.3 Å². The number of aromatic nitrogens is 1. The van der Waals surface area contributed by atoms with Crippen LogP contribution in [0.25, 0.3) is 11.1 Å². The number of oxazole rings is 1. The molecule has 5 nitrogen and oxygen atoms in total. The zero-order chi connectivity index (χ0) is 11.5. The van der Waals surface area contributed by atoms with Crippen molar-refractivity contribution in [2.75, 3.05) is 0 Å². The number of aryl methyl sites for hydroxylation is 1. The fraction of sp³-hybridized carbons (Fsp3) is 0.273. The molecule has 0 amide bonds. The van der Waals surface area contributed by atoms with E-state index in [0.29, 0.717) is 12.1 Å². The van der Waals surface area contributed by atoms with Gasteiger partial charge in [-0.1, -0.05) is 6.07 Å². The van der Waals surface area contributed by atoms with Crippen LogP contribution >= 0.6 is 0 Å². The minimum Gasteiger partial charge on any atom is -0.408 e. The predicted octanol–water partition coefficient (Wildman–Crippen LogP) is 1.45. The number of hydrogen-bond acceptors (Lipinski definition) is 4. The molecule has 0 saturated heterocycles. The van der Waals surface area contributed by atoms with E-state index in [9.17, 15) is 9.59 Å². The Morgan fingerprint density at radius 2 is 2.31 bits per heavy atom. The van der Waals surface area contributed by atoms with Crippen molar-refractivity contribution < 1.29 is 9.21 Å². The van der Waals surface area contributed by atoms with E-state index in [2.05, 4.69) is 4.99 Å². The van der Waals surface area contributed by atoms with E-state index >= 15 is 0 Å². The lowest BCUT2D eigenvalue weighted by Crippen LogP contribution is -2.12. The molecule has 0 radical (unpaired) electrons. The number of benzene rings is 1. The maximum atomic E-state index is 11.4. The van der Waals surface area contributed by atoms with Crippen molar-refractivity contribution in [3.05, 3.63) is 34.3 Å². The number of aliphatic imine (C=N–C) groups is 1. The van der Waals surface area contributed by atoms with Crippen molar-refractivity contribution in [2.24, 2.45) is 4.99 Å². The largest absolute Gasteiger partial charge is 0.419 e. The fourth-order valence-electron chi connectivity index (χ4n) is 1.63. The average molecular weight is 218 g/mol. The number of isocyanates is 1. The molecule has 16 heavy (non-hydrogen) atoms. The third-order valence-corrected chi connectivity index (χ3v) is 2.37. The number of rotatable bonds is 3. The molecule has 0 spiro atoms. The summed E-state index contributed by atoms with van der Waals surface area (Å²) in [6.45, 7) is 2.68. The molecule has 82 valence electrons.